The normalized spacial score (nSPS) is 24.5. The van der Waals surface area contributed by atoms with Crippen LogP contribution in [0.5, 0.6) is 0 Å². The van der Waals surface area contributed by atoms with Crippen LogP contribution in [-0.2, 0) is 0 Å². The SMILES string of the molecule is SC1(S)N=CN=C2N=CN=C21. The molecule has 0 saturated carbocycles. The highest BCUT2D eigenvalue weighted by atomic mass is 32.2. The van der Waals surface area contributed by atoms with Gasteiger partial charge in [0.25, 0.3) is 0 Å². The molecule has 6 heteroatoms. The summed E-state index contributed by atoms with van der Waals surface area (Å²) in [5, 5.41) is 0. The van der Waals surface area contributed by atoms with Gasteiger partial charge in [-0.3, -0.25) is 0 Å². The molecule has 2 aliphatic heterocycles. The Bertz CT molecular complexity index is 312. The molecule has 11 heavy (non-hydrogen) atoms. The smallest absolute Gasteiger partial charge is 0.194 e. The number of hydrogen-bond acceptors (Lipinski definition) is 6. The van der Waals surface area contributed by atoms with Gasteiger partial charge in [0.15, 0.2) is 10.0 Å². The monoisotopic (exact) mass is 184 g/mol. The summed E-state index contributed by atoms with van der Waals surface area (Å²) in [6.07, 6.45) is 2.81. The first-order valence-electron chi connectivity index (χ1n) is 2.87. The summed E-state index contributed by atoms with van der Waals surface area (Å²) < 4.78 is -0.867. The Morgan fingerprint density at radius 3 is 2.73 bits per heavy atom. The molecule has 0 spiro atoms. The number of hydrogen-bond donors (Lipinski definition) is 2. The predicted octanol–water partition coefficient (Wildman–Crippen LogP) is 0.423. The van der Waals surface area contributed by atoms with E-state index in [2.05, 4.69) is 45.2 Å². The van der Waals surface area contributed by atoms with Gasteiger partial charge in [0.1, 0.15) is 18.4 Å². The summed E-state index contributed by atoms with van der Waals surface area (Å²) in [6.45, 7) is 0. The van der Waals surface area contributed by atoms with Gasteiger partial charge < -0.3 is 0 Å². The van der Waals surface area contributed by atoms with Crippen LogP contribution in [0.3, 0.4) is 0 Å². The van der Waals surface area contributed by atoms with E-state index in [9.17, 15) is 0 Å². The van der Waals surface area contributed by atoms with Crippen LogP contribution in [0.15, 0.2) is 20.0 Å². The molecule has 0 atom stereocenters. The molecule has 2 aliphatic rings. The van der Waals surface area contributed by atoms with Crippen LogP contribution in [0.2, 0.25) is 0 Å². The van der Waals surface area contributed by atoms with E-state index < -0.39 is 4.20 Å². The molecule has 2 rings (SSSR count). The Hall–Kier alpha value is -0.620. The van der Waals surface area contributed by atoms with E-state index in [4.69, 9.17) is 0 Å². The zero-order valence-electron chi connectivity index (χ0n) is 5.34. The first-order valence-corrected chi connectivity index (χ1v) is 3.77. The molecule has 0 amide bonds. The molecule has 0 radical (unpaired) electrons. The first-order chi connectivity index (χ1) is 5.20. The lowest BCUT2D eigenvalue weighted by Crippen LogP contribution is -2.31. The predicted molar refractivity (Wildman–Crippen MR) is 52.6 cm³/mol. The molecule has 0 N–H and O–H groups in total. The maximum absolute atomic E-state index is 4.17. The molecular formula is C5H4N4S2. The first kappa shape index (κ1) is 7.05. The number of amidine groups is 1. The van der Waals surface area contributed by atoms with Gasteiger partial charge in [0.2, 0.25) is 0 Å². The summed E-state index contributed by atoms with van der Waals surface area (Å²) >= 11 is 8.33. The molecule has 56 valence electrons. The number of rotatable bonds is 0. The fourth-order valence-electron chi connectivity index (χ4n) is 0.816. The van der Waals surface area contributed by atoms with Crippen LogP contribution in [0, 0.1) is 0 Å². The third kappa shape index (κ3) is 1.02. The topological polar surface area (TPSA) is 49.4 Å². The molecule has 0 aromatic rings. The Morgan fingerprint density at radius 2 is 2.00 bits per heavy atom. The van der Waals surface area contributed by atoms with Crippen molar-refractivity contribution in [3.63, 3.8) is 0 Å². The van der Waals surface area contributed by atoms with Crippen LogP contribution >= 0.6 is 25.3 Å². The second-order valence-corrected chi connectivity index (χ2v) is 3.70. The van der Waals surface area contributed by atoms with Crippen LogP contribution in [-0.4, -0.2) is 28.4 Å². The fourth-order valence-corrected chi connectivity index (χ4v) is 1.24. The van der Waals surface area contributed by atoms with Crippen molar-refractivity contribution >= 4 is 49.5 Å². The maximum atomic E-state index is 4.17. The second kappa shape index (κ2) is 2.18. The third-order valence-corrected chi connectivity index (χ3v) is 1.97. The highest BCUT2D eigenvalue weighted by Gasteiger charge is 2.34. The molecule has 0 saturated heterocycles. The van der Waals surface area contributed by atoms with E-state index in [1.54, 1.807) is 0 Å². The van der Waals surface area contributed by atoms with E-state index in [1.807, 2.05) is 0 Å². The van der Waals surface area contributed by atoms with Crippen molar-refractivity contribution in [3.05, 3.63) is 0 Å². The Morgan fingerprint density at radius 1 is 1.18 bits per heavy atom. The van der Waals surface area contributed by atoms with E-state index in [1.165, 1.54) is 12.7 Å². The summed E-state index contributed by atoms with van der Waals surface area (Å²) in [5.74, 6) is 0.546. The minimum atomic E-state index is -0.867. The van der Waals surface area contributed by atoms with Gasteiger partial charge in [-0.15, -0.1) is 25.3 Å². The standard InChI is InChI=1S/C5H4N4S2/c10-5(11)3-4(7-1-6-3)8-2-9-5/h1-2,10-11H. The van der Waals surface area contributed by atoms with Crippen molar-refractivity contribution in [2.45, 2.75) is 4.20 Å². The minimum Gasteiger partial charge on any atom is -0.239 e. The van der Waals surface area contributed by atoms with E-state index in [0.29, 0.717) is 11.5 Å². The largest absolute Gasteiger partial charge is 0.239 e. The van der Waals surface area contributed by atoms with Crippen molar-refractivity contribution in [3.8, 4) is 0 Å². The van der Waals surface area contributed by atoms with Crippen molar-refractivity contribution in [1.82, 2.24) is 0 Å². The number of fused-ring (bicyclic) bond motifs is 1. The van der Waals surface area contributed by atoms with E-state index in [0.717, 1.165) is 0 Å². The lowest BCUT2D eigenvalue weighted by molar-refractivity contribution is 1.16. The van der Waals surface area contributed by atoms with Gasteiger partial charge in [-0.05, 0) is 0 Å². The van der Waals surface area contributed by atoms with Gasteiger partial charge in [-0.1, -0.05) is 0 Å². The van der Waals surface area contributed by atoms with Crippen molar-refractivity contribution in [2.24, 2.45) is 20.0 Å². The van der Waals surface area contributed by atoms with Crippen LogP contribution in [0.4, 0.5) is 0 Å². The van der Waals surface area contributed by atoms with Crippen molar-refractivity contribution in [1.29, 1.82) is 0 Å². The third-order valence-electron chi connectivity index (χ3n) is 1.31. The van der Waals surface area contributed by atoms with Gasteiger partial charge >= 0.3 is 0 Å². The Labute approximate surface area is 74.1 Å². The second-order valence-electron chi connectivity index (χ2n) is 2.05. The summed E-state index contributed by atoms with van der Waals surface area (Å²) in [7, 11) is 0. The van der Waals surface area contributed by atoms with E-state index >= 15 is 0 Å². The quantitative estimate of drug-likeness (QED) is 0.405. The highest BCUT2D eigenvalue weighted by Crippen LogP contribution is 2.27. The molecule has 0 fully saturated rings. The van der Waals surface area contributed by atoms with Crippen LogP contribution < -0.4 is 0 Å². The number of nitrogens with zero attached hydrogens (tertiary/aromatic N) is 4. The van der Waals surface area contributed by atoms with E-state index in [-0.39, 0.29) is 0 Å². The molecule has 0 unspecified atom stereocenters. The molecule has 0 aromatic heterocycles. The van der Waals surface area contributed by atoms with Gasteiger partial charge in [-0.25, -0.2) is 20.0 Å². The highest BCUT2D eigenvalue weighted by molar-refractivity contribution is 8.02. The maximum Gasteiger partial charge on any atom is 0.194 e. The average Bonchev–Trinajstić information content (AvgIpc) is 2.34. The molecule has 2 heterocycles. The lowest BCUT2D eigenvalue weighted by atomic mass is 10.3. The molecule has 0 aliphatic carbocycles. The Kier molecular flexibility index (Phi) is 1.40. The average molecular weight is 184 g/mol. The molecular weight excluding hydrogens is 180 g/mol. The number of thiol groups is 2. The number of aliphatic imine (C=N–C) groups is 4. The minimum absolute atomic E-state index is 0.546. The zero-order chi connectivity index (χ0) is 7.90. The molecule has 4 nitrogen and oxygen atoms in total. The summed E-state index contributed by atoms with van der Waals surface area (Å²) in [5.41, 5.74) is 0.590. The summed E-state index contributed by atoms with van der Waals surface area (Å²) in [4.78, 5) is 15.6. The Balaban J connectivity index is 2.51. The molecule has 0 bridgehead atoms. The van der Waals surface area contributed by atoms with Crippen LogP contribution in [0.1, 0.15) is 0 Å². The van der Waals surface area contributed by atoms with Gasteiger partial charge in [-0.2, -0.15) is 0 Å². The zero-order valence-corrected chi connectivity index (χ0v) is 7.13. The lowest BCUT2D eigenvalue weighted by Gasteiger charge is -2.18. The van der Waals surface area contributed by atoms with Crippen LogP contribution in [0.25, 0.3) is 0 Å². The fraction of sp³-hybridized carbons (Fsp3) is 0.200. The van der Waals surface area contributed by atoms with Gasteiger partial charge in [0, 0.05) is 0 Å². The van der Waals surface area contributed by atoms with Crippen molar-refractivity contribution in [2.75, 3.05) is 0 Å². The summed E-state index contributed by atoms with van der Waals surface area (Å²) in [6, 6.07) is 0. The van der Waals surface area contributed by atoms with Crippen molar-refractivity contribution < 1.29 is 0 Å². The molecule has 0 aromatic carbocycles. The van der Waals surface area contributed by atoms with Gasteiger partial charge in [0.05, 0.1) is 0 Å².